The Kier molecular flexibility index (Phi) is 5.94. The minimum Gasteiger partial charge on any atom is -0.370 e. The van der Waals surface area contributed by atoms with E-state index in [-0.39, 0.29) is 0 Å². The van der Waals surface area contributed by atoms with Crippen molar-refractivity contribution in [1.82, 2.24) is 10.3 Å². The van der Waals surface area contributed by atoms with Gasteiger partial charge in [0.05, 0.1) is 6.26 Å². The van der Waals surface area contributed by atoms with Gasteiger partial charge in [-0.05, 0) is 50.3 Å². The summed E-state index contributed by atoms with van der Waals surface area (Å²) in [6, 6.07) is 4.19. The molecule has 2 aliphatic rings. The van der Waals surface area contributed by atoms with Crippen LogP contribution in [0.1, 0.15) is 30.5 Å². The molecule has 0 aromatic carbocycles. The summed E-state index contributed by atoms with van der Waals surface area (Å²) in [5.74, 6) is 1.01. The smallest absolute Gasteiger partial charge is 0.261 e. The number of nitrogens with zero attached hydrogens (tertiary/aromatic N) is 1. The molecule has 0 unspecified atom stereocenters. The largest absolute Gasteiger partial charge is 0.370 e. The summed E-state index contributed by atoms with van der Waals surface area (Å²) < 4.78 is 40.1. The van der Waals surface area contributed by atoms with Crippen molar-refractivity contribution < 1.29 is 17.4 Å². The van der Waals surface area contributed by atoms with E-state index in [1.165, 1.54) is 12.0 Å². The number of hydrogen-bond acceptors (Lipinski definition) is 5. The number of aromatic nitrogens is 1. The summed E-state index contributed by atoms with van der Waals surface area (Å²) in [5, 5.41) is 6.41. The normalized spacial score (nSPS) is 23.4. The predicted octanol–water partition coefficient (Wildman–Crippen LogP) is 1.58. The number of halogens is 1. The van der Waals surface area contributed by atoms with E-state index < -0.39 is 15.8 Å². The molecular formula is C15H24FN3O3S. The molecule has 0 bridgehead atoms. The minimum atomic E-state index is -3.67. The van der Waals surface area contributed by atoms with E-state index in [9.17, 15) is 12.8 Å². The number of fused-ring (bicyclic) bond motifs is 1. The van der Waals surface area contributed by atoms with Crippen molar-refractivity contribution in [3.05, 3.63) is 23.4 Å². The number of nitrogens with one attached hydrogen (secondary N) is 2. The highest BCUT2D eigenvalue weighted by molar-refractivity contribution is 7.85. The van der Waals surface area contributed by atoms with Crippen LogP contribution in [0.25, 0.3) is 0 Å². The van der Waals surface area contributed by atoms with Crippen LogP contribution in [0, 0.1) is 0 Å². The quantitative estimate of drug-likeness (QED) is 0.721. The Balaban J connectivity index is 0.000000338. The van der Waals surface area contributed by atoms with Crippen molar-refractivity contribution in [3.63, 3.8) is 0 Å². The molecule has 23 heavy (non-hydrogen) atoms. The zero-order valence-electron chi connectivity index (χ0n) is 13.3. The Labute approximate surface area is 136 Å². The van der Waals surface area contributed by atoms with E-state index in [0.717, 1.165) is 37.4 Å². The molecule has 130 valence electrons. The van der Waals surface area contributed by atoms with Crippen molar-refractivity contribution in [2.45, 2.75) is 37.8 Å². The van der Waals surface area contributed by atoms with E-state index in [0.29, 0.717) is 25.6 Å². The Morgan fingerprint density at radius 3 is 2.78 bits per heavy atom. The highest BCUT2D eigenvalue weighted by Gasteiger charge is 2.33. The summed E-state index contributed by atoms with van der Waals surface area (Å²) >= 11 is 0. The van der Waals surface area contributed by atoms with Gasteiger partial charge in [0.25, 0.3) is 10.1 Å². The van der Waals surface area contributed by atoms with Crippen LogP contribution in [0.15, 0.2) is 12.1 Å². The lowest BCUT2D eigenvalue weighted by Crippen LogP contribution is -2.26. The van der Waals surface area contributed by atoms with Crippen LogP contribution in [0.5, 0.6) is 0 Å². The molecule has 3 heterocycles. The average molecular weight is 345 g/mol. The lowest BCUT2D eigenvalue weighted by molar-refractivity contribution is 0.176. The van der Waals surface area contributed by atoms with Gasteiger partial charge in [0.2, 0.25) is 0 Å². The van der Waals surface area contributed by atoms with E-state index in [4.69, 9.17) is 4.55 Å². The third-order valence-electron chi connectivity index (χ3n) is 3.97. The van der Waals surface area contributed by atoms with Gasteiger partial charge in [-0.25, -0.2) is 9.37 Å². The van der Waals surface area contributed by atoms with Crippen molar-refractivity contribution >= 4 is 15.9 Å². The Morgan fingerprint density at radius 1 is 1.39 bits per heavy atom. The van der Waals surface area contributed by atoms with Gasteiger partial charge in [0.1, 0.15) is 11.5 Å². The van der Waals surface area contributed by atoms with Gasteiger partial charge in [-0.3, -0.25) is 4.55 Å². The van der Waals surface area contributed by atoms with E-state index >= 15 is 0 Å². The molecule has 1 saturated heterocycles. The Bertz CT molecular complexity index is 623. The SMILES string of the molecule is CS(=O)(=O)O.F[C@@]1(CCc2ccc3c(n2)NCCC3)CCNC1. The first-order valence-electron chi connectivity index (χ1n) is 7.80. The molecule has 8 heteroatoms. The zero-order chi connectivity index (χ0) is 16.9. The Morgan fingerprint density at radius 2 is 2.13 bits per heavy atom. The highest BCUT2D eigenvalue weighted by atomic mass is 32.2. The van der Waals surface area contributed by atoms with Crippen molar-refractivity contribution in [3.8, 4) is 0 Å². The number of hydrogen-bond donors (Lipinski definition) is 3. The second-order valence-corrected chi connectivity index (χ2v) is 7.62. The second kappa shape index (κ2) is 7.55. The second-order valence-electron chi connectivity index (χ2n) is 6.15. The van der Waals surface area contributed by atoms with Gasteiger partial charge in [-0.2, -0.15) is 8.42 Å². The van der Waals surface area contributed by atoms with Crippen LogP contribution in [0.4, 0.5) is 10.2 Å². The summed E-state index contributed by atoms with van der Waals surface area (Å²) in [5.41, 5.74) is 1.28. The molecule has 1 aromatic rings. The van der Waals surface area contributed by atoms with Gasteiger partial charge in [-0.15, -0.1) is 0 Å². The molecule has 0 aliphatic carbocycles. The molecule has 0 radical (unpaired) electrons. The summed E-state index contributed by atoms with van der Waals surface area (Å²) in [6.07, 6.45) is 4.93. The molecule has 3 N–H and O–H groups in total. The number of anilines is 1. The van der Waals surface area contributed by atoms with E-state index in [1.54, 1.807) is 0 Å². The van der Waals surface area contributed by atoms with Crippen LogP contribution in [-0.2, 0) is 23.0 Å². The van der Waals surface area contributed by atoms with Gasteiger partial charge >= 0.3 is 0 Å². The molecular weight excluding hydrogens is 321 g/mol. The first-order valence-corrected chi connectivity index (χ1v) is 9.65. The zero-order valence-corrected chi connectivity index (χ0v) is 14.1. The van der Waals surface area contributed by atoms with Crippen LogP contribution in [0.3, 0.4) is 0 Å². The number of rotatable bonds is 3. The first-order chi connectivity index (χ1) is 10.8. The van der Waals surface area contributed by atoms with Gasteiger partial charge in [-0.1, -0.05) is 6.07 Å². The van der Waals surface area contributed by atoms with Gasteiger partial charge in [0.15, 0.2) is 0 Å². The maximum atomic E-state index is 14.2. The molecule has 1 fully saturated rings. The first kappa shape index (κ1) is 18.1. The van der Waals surface area contributed by atoms with Crippen LogP contribution < -0.4 is 10.6 Å². The van der Waals surface area contributed by atoms with Crippen LogP contribution in [0.2, 0.25) is 0 Å². The van der Waals surface area contributed by atoms with Crippen molar-refractivity contribution in [2.24, 2.45) is 0 Å². The maximum Gasteiger partial charge on any atom is 0.261 e. The standard InChI is InChI=1S/C14H20FN3.CH4O3S/c15-14(7-9-16-10-14)6-5-12-4-3-11-2-1-8-17-13(11)18-12;1-5(2,3)4/h3-4,16H,1-2,5-10H2,(H,17,18);1H3,(H,2,3,4)/t14-;/m0./s1. The Hall–Kier alpha value is -1.25. The fourth-order valence-corrected chi connectivity index (χ4v) is 2.79. The number of pyridine rings is 1. The lowest BCUT2D eigenvalue weighted by Gasteiger charge is -2.20. The molecule has 0 amide bonds. The molecule has 3 rings (SSSR count). The highest BCUT2D eigenvalue weighted by Crippen LogP contribution is 2.26. The number of alkyl halides is 1. The molecule has 6 nitrogen and oxygen atoms in total. The maximum absolute atomic E-state index is 14.2. The van der Waals surface area contributed by atoms with Crippen LogP contribution >= 0.6 is 0 Å². The molecule has 0 spiro atoms. The fourth-order valence-electron chi connectivity index (χ4n) is 2.79. The molecule has 1 aromatic heterocycles. The average Bonchev–Trinajstić information content (AvgIpc) is 2.91. The van der Waals surface area contributed by atoms with Crippen molar-refractivity contribution in [1.29, 1.82) is 0 Å². The summed E-state index contributed by atoms with van der Waals surface area (Å²) in [4.78, 5) is 4.61. The predicted molar refractivity (Wildman–Crippen MR) is 88.2 cm³/mol. The molecule has 0 saturated carbocycles. The monoisotopic (exact) mass is 345 g/mol. The van der Waals surface area contributed by atoms with Crippen molar-refractivity contribution in [2.75, 3.05) is 31.2 Å². The lowest BCUT2D eigenvalue weighted by atomic mass is 9.97. The summed E-state index contributed by atoms with van der Waals surface area (Å²) in [6.45, 7) is 2.30. The van der Waals surface area contributed by atoms with E-state index in [2.05, 4.69) is 27.8 Å². The third-order valence-corrected chi connectivity index (χ3v) is 3.97. The molecule has 2 aliphatic heterocycles. The fraction of sp³-hybridized carbons (Fsp3) is 0.667. The topological polar surface area (TPSA) is 91.3 Å². The summed E-state index contributed by atoms with van der Waals surface area (Å²) in [7, 11) is -3.67. The minimum absolute atomic E-state index is 0.496. The third kappa shape index (κ3) is 6.40. The molecule has 1 atom stereocenters. The number of aryl methyl sites for hydroxylation is 2. The van der Waals surface area contributed by atoms with Crippen LogP contribution in [-0.4, -0.2) is 49.5 Å². The van der Waals surface area contributed by atoms with Gasteiger partial charge in [0, 0.05) is 18.8 Å². The van der Waals surface area contributed by atoms with E-state index in [1.807, 2.05) is 0 Å². The van der Waals surface area contributed by atoms with Gasteiger partial charge < -0.3 is 10.6 Å².